The molecule has 0 bridgehead atoms. The van der Waals surface area contributed by atoms with E-state index in [1.807, 2.05) is 0 Å². The molecule has 2 fully saturated rings. The summed E-state index contributed by atoms with van der Waals surface area (Å²) in [6, 6.07) is 0. The van der Waals surface area contributed by atoms with Gasteiger partial charge in [0.15, 0.2) is 0 Å². The van der Waals surface area contributed by atoms with E-state index in [1.54, 1.807) is 0 Å². The summed E-state index contributed by atoms with van der Waals surface area (Å²) in [5.74, 6) is -0.588. The summed E-state index contributed by atoms with van der Waals surface area (Å²) >= 11 is 0. The fourth-order valence-corrected chi connectivity index (χ4v) is 3.02. The third-order valence-corrected chi connectivity index (χ3v) is 4.52. The van der Waals surface area contributed by atoms with Crippen molar-refractivity contribution in [2.24, 2.45) is 5.92 Å². The zero-order valence-corrected chi connectivity index (χ0v) is 11.6. The standard InChI is InChI=1S/C13H24O8/c14-6-1-2-8(12(19)10(6)17)21-4-5-3-7(15)11(18)13(20)9(5)16/h5-20H,1-4H2/t5-,6-,7-,8-,9-,10+,11+,12+,13+/m1/s1. The topological polar surface area (TPSA) is 151 Å². The Morgan fingerprint density at radius 2 is 1.29 bits per heavy atom. The Kier molecular flexibility index (Phi) is 5.55. The minimum Gasteiger partial charge on any atom is -0.390 e. The molecule has 2 aliphatic rings. The molecule has 9 atom stereocenters. The van der Waals surface area contributed by atoms with Crippen LogP contribution in [0.2, 0.25) is 0 Å². The molecule has 2 aliphatic carbocycles. The molecule has 0 heterocycles. The maximum atomic E-state index is 9.86. The summed E-state index contributed by atoms with van der Waals surface area (Å²) in [6.45, 7) is -0.0352. The first-order chi connectivity index (χ1) is 9.82. The Hall–Kier alpha value is -0.320. The fourth-order valence-electron chi connectivity index (χ4n) is 3.02. The SMILES string of the molecule is O[C@H]1[C@H](O)[C@@H](CO[C@@H]2CC[C@@H](O)[C@H](O)[C@H]2O)C[C@@H](O)[C@@H]1O. The maximum Gasteiger partial charge on any atom is 0.109 e. The van der Waals surface area contributed by atoms with E-state index in [2.05, 4.69) is 0 Å². The van der Waals surface area contributed by atoms with E-state index < -0.39 is 54.7 Å². The molecule has 0 radical (unpaired) electrons. The van der Waals surface area contributed by atoms with Crippen molar-refractivity contribution in [3.05, 3.63) is 0 Å². The van der Waals surface area contributed by atoms with Crippen molar-refractivity contribution in [3.8, 4) is 0 Å². The molecule has 0 aromatic rings. The second-order valence-corrected chi connectivity index (χ2v) is 6.03. The van der Waals surface area contributed by atoms with Gasteiger partial charge in [-0.15, -0.1) is 0 Å². The lowest BCUT2D eigenvalue weighted by Crippen LogP contribution is -2.55. The molecule has 0 unspecified atom stereocenters. The smallest absolute Gasteiger partial charge is 0.109 e. The predicted molar refractivity (Wildman–Crippen MR) is 69.1 cm³/mol. The normalized spacial score (nSPS) is 51.9. The zero-order valence-electron chi connectivity index (χ0n) is 11.6. The lowest BCUT2D eigenvalue weighted by Gasteiger charge is -2.40. The van der Waals surface area contributed by atoms with Crippen LogP contribution in [0.15, 0.2) is 0 Å². The Labute approximate surface area is 122 Å². The van der Waals surface area contributed by atoms with Crippen molar-refractivity contribution in [3.63, 3.8) is 0 Å². The molecule has 2 rings (SSSR count). The highest BCUT2D eigenvalue weighted by atomic mass is 16.5. The number of aliphatic hydroxyl groups excluding tert-OH is 7. The molecule has 0 saturated heterocycles. The van der Waals surface area contributed by atoms with Gasteiger partial charge in [0.25, 0.3) is 0 Å². The summed E-state index contributed by atoms with van der Waals surface area (Å²) in [5.41, 5.74) is 0. The molecule has 7 N–H and O–H groups in total. The van der Waals surface area contributed by atoms with Crippen LogP contribution in [0.3, 0.4) is 0 Å². The number of aliphatic hydroxyl groups is 7. The number of ether oxygens (including phenoxy) is 1. The lowest BCUT2D eigenvalue weighted by atomic mass is 9.81. The third-order valence-electron chi connectivity index (χ3n) is 4.52. The summed E-state index contributed by atoms with van der Waals surface area (Å²) < 4.78 is 5.47. The Bertz CT molecular complexity index is 340. The van der Waals surface area contributed by atoms with E-state index in [1.165, 1.54) is 0 Å². The van der Waals surface area contributed by atoms with Gasteiger partial charge in [0.05, 0.1) is 31.0 Å². The summed E-state index contributed by atoms with van der Waals surface area (Å²) in [7, 11) is 0. The molecule has 124 valence electrons. The molecule has 0 spiro atoms. The first-order valence-corrected chi connectivity index (χ1v) is 7.21. The molecular formula is C13H24O8. The van der Waals surface area contributed by atoms with Gasteiger partial charge in [0, 0.05) is 5.92 Å². The van der Waals surface area contributed by atoms with Gasteiger partial charge in [0.2, 0.25) is 0 Å². The van der Waals surface area contributed by atoms with E-state index in [0.29, 0.717) is 12.8 Å². The molecular weight excluding hydrogens is 284 g/mol. The van der Waals surface area contributed by atoms with Gasteiger partial charge in [-0.2, -0.15) is 0 Å². The van der Waals surface area contributed by atoms with E-state index in [9.17, 15) is 35.7 Å². The lowest BCUT2D eigenvalue weighted by molar-refractivity contribution is -0.188. The van der Waals surface area contributed by atoms with Crippen molar-refractivity contribution in [1.82, 2.24) is 0 Å². The van der Waals surface area contributed by atoms with E-state index in [-0.39, 0.29) is 13.0 Å². The zero-order chi connectivity index (χ0) is 15.7. The maximum absolute atomic E-state index is 9.86. The van der Waals surface area contributed by atoms with Crippen molar-refractivity contribution in [1.29, 1.82) is 0 Å². The molecule has 0 aromatic carbocycles. The van der Waals surface area contributed by atoms with Crippen LogP contribution in [-0.2, 0) is 4.74 Å². The van der Waals surface area contributed by atoms with Crippen LogP contribution in [-0.4, -0.2) is 91.2 Å². The fraction of sp³-hybridized carbons (Fsp3) is 1.00. The van der Waals surface area contributed by atoms with Crippen LogP contribution in [0.1, 0.15) is 19.3 Å². The Morgan fingerprint density at radius 3 is 1.95 bits per heavy atom. The quantitative estimate of drug-likeness (QED) is 0.287. The largest absolute Gasteiger partial charge is 0.390 e. The van der Waals surface area contributed by atoms with Crippen LogP contribution < -0.4 is 0 Å². The summed E-state index contributed by atoms with van der Waals surface area (Å²) in [4.78, 5) is 0. The molecule has 21 heavy (non-hydrogen) atoms. The molecule has 2 saturated carbocycles. The van der Waals surface area contributed by atoms with Crippen LogP contribution in [0, 0.1) is 5.92 Å². The first-order valence-electron chi connectivity index (χ1n) is 7.21. The number of hydrogen-bond acceptors (Lipinski definition) is 8. The van der Waals surface area contributed by atoms with Crippen molar-refractivity contribution >= 4 is 0 Å². The van der Waals surface area contributed by atoms with Gasteiger partial charge in [-0.25, -0.2) is 0 Å². The van der Waals surface area contributed by atoms with Crippen LogP contribution in [0.5, 0.6) is 0 Å². The van der Waals surface area contributed by atoms with Gasteiger partial charge >= 0.3 is 0 Å². The van der Waals surface area contributed by atoms with Crippen LogP contribution >= 0.6 is 0 Å². The van der Waals surface area contributed by atoms with E-state index in [4.69, 9.17) is 4.74 Å². The monoisotopic (exact) mass is 308 g/mol. The summed E-state index contributed by atoms with van der Waals surface area (Å²) in [6.07, 6.45) is -8.70. The molecule has 0 aliphatic heterocycles. The Morgan fingerprint density at radius 1 is 0.667 bits per heavy atom. The third kappa shape index (κ3) is 3.54. The van der Waals surface area contributed by atoms with Gasteiger partial charge in [-0.1, -0.05) is 0 Å². The summed E-state index contributed by atoms with van der Waals surface area (Å²) in [5, 5.41) is 67.4. The second kappa shape index (κ2) is 6.84. The highest BCUT2D eigenvalue weighted by Crippen LogP contribution is 2.28. The minimum absolute atomic E-state index is 0.0352. The van der Waals surface area contributed by atoms with Crippen molar-refractivity contribution in [2.75, 3.05) is 6.61 Å². The first kappa shape index (κ1) is 17.0. The highest BCUT2D eigenvalue weighted by Gasteiger charge is 2.43. The number of rotatable bonds is 3. The highest BCUT2D eigenvalue weighted by molar-refractivity contribution is 4.93. The van der Waals surface area contributed by atoms with Crippen molar-refractivity contribution in [2.45, 2.75) is 68.1 Å². The Balaban J connectivity index is 1.88. The van der Waals surface area contributed by atoms with Gasteiger partial charge in [-0.05, 0) is 19.3 Å². The molecule has 8 heteroatoms. The van der Waals surface area contributed by atoms with Gasteiger partial charge in [0.1, 0.15) is 24.4 Å². The minimum atomic E-state index is -1.45. The van der Waals surface area contributed by atoms with E-state index in [0.717, 1.165) is 0 Å². The second-order valence-electron chi connectivity index (χ2n) is 6.03. The van der Waals surface area contributed by atoms with Gasteiger partial charge < -0.3 is 40.5 Å². The average molecular weight is 308 g/mol. The average Bonchev–Trinajstić information content (AvgIpc) is 2.46. The van der Waals surface area contributed by atoms with Crippen molar-refractivity contribution < 1.29 is 40.5 Å². The van der Waals surface area contributed by atoms with Crippen LogP contribution in [0.4, 0.5) is 0 Å². The van der Waals surface area contributed by atoms with E-state index >= 15 is 0 Å². The molecule has 0 amide bonds. The molecule has 8 nitrogen and oxygen atoms in total. The predicted octanol–water partition coefficient (Wildman–Crippen LogP) is -3.29. The van der Waals surface area contributed by atoms with Gasteiger partial charge in [-0.3, -0.25) is 0 Å². The molecule has 0 aromatic heterocycles. The number of hydrogen-bond donors (Lipinski definition) is 7. The van der Waals surface area contributed by atoms with Crippen LogP contribution in [0.25, 0.3) is 0 Å².